The zero-order chi connectivity index (χ0) is 15.1. The molecule has 1 atom stereocenters. The Morgan fingerprint density at radius 3 is 2.90 bits per heavy atom. The molecule has 1 aliphatic carbocycles. The zero-order valence-electron chi connectivity index (χ0n) is 12.1. The number of carbonyl (C=O) groups is 1. The summed E-state index contributed by atoms with van der Waals surface area (Å²) in [5.74, 6) is -0.307. The summed E-state index contributed by atoms with van der Waals surface area (Å²) in [5.41, 5.74) is 1.69. The number of aryl methyl sites for hydroxylation is 1. The quantitative estimate of drug-likeness (QED) is 0.833. The number of rotatable bonds is 2. The molecule has 3 rings (SSSR count). The molecule has 109 valence electrons. The molecule has 0 bridgehead atoms. The van der Waals surface area contributed by atoms with Gasteiger partial charge in [-0.2, -0.15) is 0 Å². The fourth-order valence-corrected chi connectivity index (χ4v) is 3.40. The number of hydrogen-bond acceptors (Lipinski definition) is 3. The van der Waals surface area contributed by atoms with Crippen molar-refractivity contribution in [1.82, 2.24) is 4.90 Å². The number of methoxy groups -OCH3 is 1. The molecule has 2 heterocycles. The Labute approximate surface area is 127 Å². The second-order valence-electron chi connectivity index (χ2n) is 5.08. The zero-order valence-corrected chi connectivity index (χ0v) is 12.9. The number of ether oxygens (including phenoxy) is 1. The molecule has 0 spiro atoms. The van der Waals surface area contributed by atoms with Crippen LogP contribution in [-0.2, 0) is 4.74 Å². The van der Waals surface area contributed by atoms with Gasteiger partial charge in [0.15, 0.2) is 11.6 Å². The minimum Gasteiger partial charge on any atom is -0.494 e. The molecule has 0 N–H and O–H groups in total. The highest BCUT2D eigenvalue weighted by atomic mass is 32.1. The van der Waals surface area contributed by atoms with E-state index in [1.165, 1.54) is 18.4 Å². The number of halogens is 1. The van der Waals surface area contributed by atoms with Gasteiger partial charge >= 0.3 is 0 Å². The van der Waals surface area contributed by atoms with Crippen molar-refractivity contribution in [1.29, 1.82) is 0 Å². The van der Waals surface area contributed by atoms with Gasteiger partial charge < -0.3 is 9.64 Å². The van der Waals surface area contributed by atoms with E-state index in [1.807, 2.05) is 18.4 Å². The van der Waals surface area contributed by atoms with Crippen LogP contribution in [0.4, 0.5) is 4.39 Å². The molecule has 5 heteroatoms. The van der Waals surface area contributed by atoms with E-state index in [0.717, 1.165) is 4.88 Å². The topological polar surface area (TPSA) is 29.5 Å². The molecular formula is C16H15FNO2S. The lowest BCUT2D eigenvalue weighted by Gasteiger charge is -2.28. The minimum absolute atomic E-state index is 0.105. The summed E-state index contributed by atoms with van der Waals surface area (Å²) in [6, 6.07) is 1.54. The van der Waals surface area contributed by atoms with Crippen molar-refractivity contribution in [2.75, 3.05) is 7.11 Å². The van der Waals surface area contributed by atoms with Crippen molar-refractivity contribution < 1.29 is 13.9 Å². The molecule has 1 amide bonds. The Kier molecular flexibility index (Phi) is 3.45. The van der Waals surface area contributed by atoms with Crippen LogP contribution in [-0.4, -0.2) is 24.0 Å². The van der Waals surface area contributed by atoms with E-state index in [2.05, 4.69) is 6.08 Å². The van der Waals surface area contributed by atoms with Crippen molar-refractivity contribution in [2.24, 2.45) is 0 Å². The van der Waals surface area contributed by atoms with Gasteiger partial charge in [0.2, 0.25) is 0 Å². The van der Waals surface area contributed by atoms with Gasteiger partial charge in [-0.3, -0.25) is 4.79 Å². The highest BCUT2D eigenvalue weighted by Gasteiger charge is 2.38. The fraction of sp³-hybridized carbons (Fsp3) is 0.312. The molecule has 2 aliphatic rings. The molecule has 1 aromatic rings. The number of fused-ring (bicyclic) bond motifs is 1. The molecule has 1 unspecified atom stereocenters. The van der Waals surface area contributed by atoms with Crippen LogP contribution in [0.2, 0.25) is 0 Å². The number of allylic oxidation sites excluding steroid dienone is 2. The normalized spacial score (nSPS) is 21.1. The van der Waals surface area contributed by atoms with Crippen LogP contribution in [0, 0.1) is 13.0 Å². The third-order valence-electron chi connectivity index (χ3n) is 3.72. The maximum Gasteiger partial charge on any atom is 0.259 e. The van der Waals surface area contributed by atoms with Gasteiger partial charge in [-0.1, -0.05) is 0 Å². The van der Waals surface area contributed by atoms with Gasteiger partial charge in [0.1, 0.15) is 0 Å². The standard InChI is InChI=1S/C16H15FNO2S/c1-9-6-12-13(4-5-14(20-3)15(12)17)18(9)16(19)11-7-10(2)21-8-11/h5,7-8,13H,4H2,1-3H3. The van der Waals surface area contributed by atoms with E-state index in [1.54, 1.807) is 17.9 Å². The second-order valence-corrected chi connectivity index (χ2v) is 6.20. The molecule has 0 fully saturated rings. The van der Waals surface area contributed by atoms with Gasteiger partial charge in [-0.05, 0) is 32.4 Å². The number of nitrogens with zero attached hydrogens (tertiary/aromatic N) is 1. The smallest absolute Gasteiger partial charge is 0.259 e. The Bertz CT molecular complexity index is 699. The Morgan fingerprint density at radius 2 is 2.29 bits per heavy atom. The first-order valence-corrected chi connectivity index (χ1v) is 7.54. The largest absolute Gasteiger partial charge is 0.494 e. The minimum atomic E-state index is -0.426. The molecule has 0 saturated carbocycles. The van der Waals surface area contributed by atoms with Gasteiger partial charge in [0.05, 0.1) is 18.7 Å². The lowest BCUT2D eigenvalue weighted by molar-refractivity contribution is 0.0779. The van der Waals surface area contributed by atoms with Gasteiger partial charge in [0.25, 0.3) is 5.91 Å². The second kappa shape index (κ2) is 5.15. The van der Waals surface area contributed by atoms with E-state index in [-0.39, 0.29) is 17.7 Å². The lowest BCUT2D eigenvalue weighted by atomic mass is 9.98. The van der Waals surface area contributed by atoms with Crippen molar-refractivity contribution in [3.05, 3.63) is 56.9 Å². The van der Waals surface area contributed by atoms with Crippen LogP contribution in [0.3, 0.4) is 0 Å². The Hall–Kier alpha value is -1.88. The first-order valence-electron chi connectivity index (χ1n) is 6.66. The van der Waals surface area contributed by atoms with E-state index >= 15 is 0 Å². The van der Waals surface area contributed by atoms with Gasteiger partial charge in [-0.15, -0.1) is 11.3 Å². The SMILES string of the molecule is COC1=CCC2C(=C1F)[C]=C(C)N2C(=O)c1csc(C)c1. The average Bonchev–Trinajstić information content (AvgIpc) is 3.02. The molecule has 1 aliphatic heterocycles. The van der Waals surface area contributed by atoms with E-state index in [9.17, 15) is 9.18 Å². The number of carbonyl (C=O) groups excluding carboxylic acids is 1. The van der Waals surface area contributed by atoms with E-state index < -0.39 is 5.83 Å². The number of hydrogen-bond donors (Lipinski definition) is 0. The van der Waals surface area contributed by atoms with Crippen LogP contribution < -0.4 is 0 Å². The Balaban J connectivity index is 1.95. The summed E-state index contributed by atoms with van der Waals surface area (Å²) in [7, 11) is 1.44. The molecule has 3 nitrogen and oxygen atoms in total. The van der Waals surface area contributed by atoms with Crippen LogP contribution in [0.1, 0.15) is 28.6 Å². The maximum absolute atomic E-state index is 14.3. The lowest BCUT2D eigenvalue weighted by Crippen LogP contribution is -2.36. The first-order chi connectivity index (χ1) is 10.0. The van der Waals surface area contributed by atoms with Crippen molar-refractivity contribution in [3.63, 3.8) is 0 Å². The summed E-state index contributed by atoms with van der Waals surface area (Å²) in [6.45, 7) is 3.74. The summed E-state index contributed by atoms with van der Waals surface area (Å²) >= 11 is 1.53. The van der Waals surface area contributed by atoms with Crippen LogP contribution in [0.15, 0.2) is 40.4 Å². The van der Waals surface area contributed by atoms with E-state index in [0.29, 0.717) is 23.3 Å². The third-order valence-corrected chi connectivity index (χ3v) is 4.58. The van der Waals surface area contributed by atoms with Crippen molar-refractivity contribution in [2.45, 2.75) is 26.3 Å². The first kappa shape index (κ1) is 14.1. The highest BCUT2D eigenvalue weighted by Crippen LogP contribution is 2.38. The monoisotopic (exact) mass is 304 g/mol. The number of amides is 1. The molecule has 21 heavy (non-hydrogen) atoms. The van der Waals surface area contributed by atoms with Gasteiger partial charge in [0, 0.05) is 27.6 Å². The molecule has 1 radical (unpaired) electrons. The van der Waals surface area contributed by atoms with Crippen LogP contribution in [0.25, 0.3) is 0 Å². The average molecular weight is 304 g/mol. The van der Waals surface area contributed by atoms with Crippen LogP contribution >= 0.6 is 11.3 Å². The highest BCUT2D eigenvalue weighted by molar-refractivity contribution is 7.10. The predicted molar refractivity (Wildman–Crippen MR) is 79.3 cm³/mol. The Morgan fingerprint density at radius 1 is 1.52 bits per heavy atom. The van der Waals surface area contributed by atoms with E-state index in [4.69, 9.17) is 4.74 Å². The van der Waals surface area contributed by atoms with Crippen LogP contribution in [0.5, 0.6) is 0 Å². The number of thiophene rings is 1. The summed E-state index contributed by atoms with van der Waals surface area (Å²) in [6.07, 6.45) is 5.20. The van der Waals surface area contributed by atoms with Gasteiger partial charge in [-0.25, -0.2) is 4.39 Å². The molecular weight excluding hydrogens is 289 g/mol. The van der Waals surface area contributed by atoms with Crippen molar-refractivity contribution in [3.8, 4) is 0 Å². The summed E-state index contributed by atoms with van der Waals surface area (Å²) < 4.78 is 19.3. The molecule has 1 aromatic heterocycles. The molecule has 0 aromatic carbocycles. The van der Waals surface area contributed by atoms with Crippen molar-refractivity contribution >= 4 is 17.2 Å². The summed E-state index contributed by atoms with van der Waals surface area (Å²) in [4.78, 5) is 15.4. The predicted octanol–water partition coefficient (Wildman–Crippen LogP) is 3.75. The summed E-state index contributed by atoms with van der Waals surface area (Å²) in [5, 5.41) is 1.84. The maximum atomic E-state index is 14.3. The molecule has 0 saturated heterocycles. The fourth-order valence-electron chi connectivity index (χ4n) is 2.73. The third kappa shape index (κ3) is 2.21.